The average molecular weight is 201 g/mol. The van der Waals surface area contributed by atoms with Crippen LogP contribution in [0.2, 0.25) is 0 Å². The van der Waals surface area contributed by atoms with Gasteiger partial charge in [-0.2, -0.15) is 0 Å². The highest BCUT2D eigenvalue weighted by atomic mass is 16.5. The molecule has 0 heterocycles. The van der Waals surface area contributed by atoms with Gasteiger partial charge in [-0.1, -0.05) is 27.7 Å². The highest BCUT2D eigenvalue weighted by Crippen LogP contribution is 2.08. The summed E-state index contributed by atoms with van der Waals surface area (Å²) in [7, 11) is 2.04. The molecule has 0 aromatic carbocycles. The Labute approximate surface area is 89.4 Å². The summed E-state index contributed by atoms with van der Waals surface area (Å²) in [5, 5.41) is 3.35. The number of hydrogen-bond acceptors (Lipinski definition) is 2. The summed E-state index contributed by atoms with van der Waals surface area (Å²) in [6.07, 6.45) is 2.38. The Bertz CT molecular complexity index is 123. The van der Waals surface area contributed by atoms with Crippen molar-refractivity contribution < 1.29 is 4.74 Å². The molecule has 0 aliphatic rings. The Kier molecular flexibility index (Phi) is 8.20. The van der Waals surface area contributed by atoms with Gasteiger partial charge in [0.25, 0.3) is 0 Å². The van der Waals surface area contributed by atoms with Crippen molar-refractivity contribution in [3.63, 3.8) is 0 Å². The second-order valence-electron chi connectivity index (χ2n) is 4.75. The van der Waals surface area contributed by atoms with Gasteiger partial charge in [0.15, 0.2) is 0 Å². The zero-order valence-corrected chi connectivity index (χ0v) is 10.5. The molecule has 0 spiro atoms. The molecule has 1 unspecified atom stereocenters. The van der Waals surface area contributed by atoms with E-state index >= 15 is 0 Å². The molecule has 2 nitrogen and oxygen atoms in total. The minimum absolute atomic E-state index is 0.637. The van der Waals surface area contributed by atoms with Crippen LogP contribution in [0.15, 0.2) is 0 Å². The molecule has 1 atom stereocenters. The molecule has 2 heteroatoms. The summed E-state index contributed by atoms with van der Waals surface area (Å²) in [6.45, 7) is 10.7. The average Bonchev–Trinajstić information content (AvgIpc) is 2.10. The quantitative estimate of drug-likeness (QED) is 0.610. The normalized spacial score (nSPS) is 13.9. The summed E-state index contributed by atoms with van der Waals surface area (Å²) in [6, 6.07) is 0.637. The van der Waals surface area contributed by atoms with E-state index in [4.69, 9.17) is 4.74 Å². The van der Waals surface area contributed by atoms with Crippen LogP contribution in [-0.4, -0.2) is 26.3 Å². The zero-order valence-electron chi connectivity index (χ0n) is 10.5. The Morgan fingerprint density at radius 3 is 2.21 bits per heavy atom. The SMILES string of the molecule is CNC(CCCOCC(C)C)C(C)C. The lowest BCUT2D eigenvalue weighted by molar-refractivity contribution is 0.104. The molecule has 0 aromatic rings. The first-order valence-corrected chi connectivity index (χ1v) is 5.83. The van der Waals surface area contributed by atoms with Crippen LogP contribution in [-0.2, 0) is 4.74 Å². The third-order valence-corrected chi connectivity index (χ3v) is 2.43. The molecular weight excluding hydrogens is 174 g/mol. The fourth-order valence-corrected chi connectivity index (χ4v) is 1.54. The molecule has 0 radical (unpaired) electrons. The predicted molar refractivity (Wildman–Crippen MR) is 62.6 cm³/mol. The number of nitrogens with one attached hydrogen (secondary N) is 1. The van der Waals surface area contributed by atoms with Crippen molar-refractivity contribution in [2.75, 3.05) is 20.3 Å². The first-order valence-electron chi connectivity index (χ1n) is 5.83. The maximum Gasteiger partial charge on any atom is 0.0488 e. The first kappa shape index (κ1) is 13.9. The van der Waals surface area contributed by atoms with E-state index in [1.807, 2.05) is 7.05 Å². The molecule has 86 valence electrons. The van der Waals surface area contributed by atoms with Crippen molar-refractivity contribution in [3.8, 4) is 0 Å². The first-order chi connectivity index (χ1) is 6.57. The van der Waals surface area contributed by atoms with E-state index in [-0.39, 0.29) is 0 Å². The Morgan fingerprint density at radius 2 is 1.79 bits per heavy atom. The lowest BCUT2D eigenvalue weighted by Gasteiger charge is -2.19. The van der Waals surface area contributed by atoms with Crippen LogP contribution in [0.1, 0.15) is 40.5 Å². The molecule has 0 saturated heterocycles. The van der Waals surface area contributed by atoms with Crippen molar-refractivity contribution >= 4 is 0 Å². The van der Waals surface area contributed by atoms with Crippen LogP contribution in [0.4, 0.5) is 0 Å². The van der Waals surface area contributed by atoms with Crippen molar-refractivity contribution in [3.05, 3.63) is 0 Å². The van der Waals surface area contributed by atoms with Gasteiger partial charge >= 0.3 is 0 Å². The zero-order chi connectivity index (χ0) is 11.0. The second kappa shape index (κ2) is 8.25. The molecule has 0 bridgehead atoms. The summed E-state index contributed by atoms with van der Waals surface area (Å²) < 4.78 is 5.54. The lowest BCUT2D eigenvalue weighted by atomic mass is 10.00. The maximum atomic E-state index is 5.54. The minimum Gasteiger partial charge on any atom is -0.381 e. The predicted octanol–water partition coefficient (Wildman–Crippen LogP) is 2.68. The standard InChI is InChI=1S/C12H27NO/c1-10(2)9-14-8-6-7-12(13-5)11(3)4/h10-13H,6-9H2,1-5H3. The molecule has 14 heavy (non-hydrogen) atoms. The lowest BCUT2D eigenvalue weighted by Crippen LogP contribution is -2.30. The molecule has 0 rings (SSSR count). The smallest absolute Gasteiger partial charge is 0.0488 e. The Balaban J connectivity index is 3.33. The van der Waals surface area contributed by atoms with Crippen molar-refractivity contribution in [2.45, 2.75) is 46.6 Å². The highest BCUT2D eigenvalue weighted by Gasteiger charge is 2.09. The number of hydrogen-bond donors (Lipinski definition) is 1. The van der Waals surface area contributed by atoms with E-state index in [1.165, 1.54) is 6.42 Å². The maximum absolute atomic E-state index is 5.54. The molecule has 0 aliphatic carbocycles. The molecule has 0 amide bonds. The molecule has 1 N–H and O–H groups in total. The van der Waals surface area contributed by atoms with Gasteiger partial charge in [0.1, 0.15) is 0 Å². The largest absolute Gasteiger partial charge is 0.381 e. The van der Waals surface area contributed by atoms with Crippen LogP contribution >= 0.6 is 0 Å². The molecule has 0 aliphatic heterocycles. The Morgan fingerprint density at radius 1 is 1.14 bits per heavy atom. The van der Waals surface area contributed by atoms with Gasteiger partial charge in [-0.05, 0) is 31.7 Å². The van der Waals surface area contributed by atoms with E-state index in [0.29, 0.717) is 17.9 Å². The number of ether oxygens (including phenoxy) is 1. The molecular formula is C12H27NO. The van der Waals surface area contributed by atoms with Gasteiger partial charge in [-0.15, -0.1) is 0 Å². The summed E-state index contributed by atoms with van der Waals surface area (Å²) in [5.41, 5.74) is 0. The van der Waals surface area contributed by atoms with Crippen LogP contribution in [0, 0.1) is 11.8 Å². The highest BCUT2D eigenvalue weighted by molar-refractivity contribution is 4.67. The van der Waals surface area contributed by atoms with Crippen LogP contribution < -0.4 is 5.32 Å². The van der Waals surface area contributed by atoms with Gasteiger partial charge in [0.2, 0.25) is 0 Å². The van der Waals surface area contributed by atoms with Gasteiger partial charge in [-0.25, -0.2) is 0 Å². The molecule has 0 saturated carbocycles. The van der Waals surface area contributed by atoms with E-state index in [1.54, 1.807) is 0 Å². The van der Waals surface area contributed by atoms with Crippen molar-refractivity contribution in [1.29, 1.82) is 0 Å². The second-order valence-corrected chi connectivity index (χ2v) is 4.75. The topological polar surface area (TPSA) is 21.3 Å². The van der Waals surface area contributed by atoms with Gasteiger partial charge < -0.3 is 10.1 Å². The summed E-state index contributed by atoms with van der Waals surface area (Å²) >= 11 is 0. The van der Waals surface area contributed by atoms with E-state index in [0.717, 1.165) is 19.6 Å². The van der Waals surface area contributed by atoms with Crippen LogP contribution in [0.5, 0.6) is 0 Å². The van der Waals surface area contributed by atoms with Crippen molar-refractivity contribution in [1.82, 2.24) is 5.32 Å². The summed E-state index contributed by atoms with van der Waals surface area (Å²) in [4.78, 5) is 0. The fourth-order valence-electron chi connectivity index (χ4n) is 1.54. The number of rotatable bonds is 8. The third-order valence-electron chi connectivity index (χ3n) is 2.43. The van der Waals surface area contributed by atoms with E-state index in [9.17, 15) is 0 Å². The van der Waals surface area contributed by atoms with Crippen molar-refractivity contribution in [2.24, 2.45) is 11.8 Å². The van der Waals surface area contributed by atoms with E-state index < -0.39 is 0 Å². The molecule has 0 aromatic heterocycles. The monoisotopic (exact) mass is 201 g/mol. The fraction of sp³-hybridized carbons (Fsp3) is 1.00. The minimum atomic E-state index is 0.637. The van der Waals surface area contributed by atoms with Gasteiger partial charge in [-0.3, -0.25) is 0 Å². The third kappa shape index (κ3) is 7.34. The summed E-state index contributed by atoms with van der Waals surface area (Å²) in [5.74, 6) is 1.37. The van der Waals surface area contributed by atoms with Gasteiger partial charge in [0.05, 0.1) is 0 Å². The van der Waals surface area contributed by atoms with Crippen LogP contribution in [0.25, 0.3) is 0 Å². The van der Waals surface area contributed by atoms with E-state index in [2.05, 4.69) is 33.0 Å². The van der Waals surface area contributed by atoms with Crippen LogP contribution in [0.3, 0.4) is 0 Å². The van der Waals surface area contributed by atoms with Gasteiger partial charge in [0, 0.05) is 19.3 Å². The Hall–Kier alpha value is -0.0800. The molecule has 0 fully saturated rings.